The van der Waals surface area contributed by atoms with Crippen LogP contribution < -0.4 is 0 Å². The summed E-state index contributed by atoms with van der Waals surface area (Å²) in [7, 11) is 1.50. The van der Waals surface area contributed by atoms with Crippen molar-refractivity contribution in [2.45, 2.75) is 51.4 Å². The smallest absolute Gasteiger partial charge is 0.177 e. The minimum absolute atomic E-state index is 0.155. The maximum absolute atomic E-state index is 10.7. The topological polar surface area (TPSA) is 99.4 Å². The van der Waals surface area contributed by atoms with Crippen LogP contribution in [0.1, 0.15) is 39.5 Å². The Morgan fingerprint density at radius 2 is 1.70 bits per heavy atom. The lowest BCUT2D eigenvalue weighted by Gasteiger charge is -2.47. The molecule has 0 amide bonds. The number of aliphatic hydroxyl groups excluding tert-OH is 3. The van der Waals surface area contributed by atoms with Gasteiger partial charge in [-0.05, 0) is 19.3 Å². The molecule has 0 aromatic rings. The zero-order chi connectivity index (χ0) is 15.6. The first-order valence-electron chi connectivity index (χ1n) is 7.23. The summed E-state index contributed by atoms with van der Waals surface area (Å²) in [5.41, 5.74) is -1.53. The largest absolute Gasteiger partial charge is 0.395 e. The zero-order valence-electron chi connectivity index (χ0n) is 12.8. The number of ether oxygens (including phenoxy) is 2. The van der Waals surface area contributed by atoms with Gasteiger partial charge in [-0.3, -0.25) is 0 Å². The third-order valence-electron chi connectivity index (χ3n) is 3.89. The predicted molar refractivity (Wildman–Crippen MR) is 75.2 cm³/mol. The number of unbranched alkanes of at least 4 members (excludes halogenated alkanes) is 1. The summed E-state index contributed by atoms with van der Waals surface area (Å²) in [6.45, 7) is 3.09. The number of rotatable bonds is 12. The van der Waals surface area contributed by atoms with Crippen LogP contribution >= 0.6 is 0 Å². The van der Waals surface area contributed by atoms with Crippen LogP contribution in [0.15, 0.2) is 0 Å². The van der Waals surface area contributed by atoms with Crippen LogP contribution in [0.5, 0.6) is 0 Å². The van der Waals surface area contributed by atoms with Gasteiger partial charge < -0.3 is 29.9 Å². The molecule has 0 aliphatic heterocycles. The van der Waals surface area contributed by atoms with E-state index in [-0.39, 0.29) is 19.4 Å². The molecule has 0 aliphatic carbocycles. The Morgan fingerprint density at radius 1 is 1.10 bits per heavy atom. The van der Waals surface area contributed by atoms with E-state index in [1.54, 1.807) is 6.92 Å². The zero-order valence-corrected chi connectivity index (χ0v) is 12.8. The van der Waals surface area contributed by atoms with E-state index in [4.69, 9.17) is 9.47 Å². The van der Waals surface area contributed by atoms with Gasteiger partial charge in [-0.1, -0.05) is 20.3 Å². The number of methoxy groups -OCH3 is 1. The van der Waals surface area contributed by atoms with Crippen LogP contribution in [-0.4, -0.2) is 65.9 Å². The molecular formula is C14H30O6. The molecule has 0 aromatic heterocycles. The second kappa shape index (κ2) is 9.65. The number of aliphatic hydroxyl groups is 4. The van der Waals surface area contributed by atoms with Crippen LogP contribution in [0.2, 0.25) is 0 Å². The van der Waals surface area contributed by atoms with E-state index in [2.05, 4.69) is 0 Å². The van der Waals surface area contributed by atoms with Crippen LogP contribution in [0, 0.1) is 5.41 Å². The molecule has 0 saturated carbocycles. The molecule has 2 atom stereocenters. The molecule has 122 valence electrons. The van der Waals surface area contributed by atoms with E-state index >= 15 is 0 Å². The summed E-state index contributed by atoms with van der Waals surface area (Å²) in [6, 6.07) is 0. The maximum Gasteiger partial charge on any atom is 0.177 e. The lowest BCUT2D eigenvalue weighted by molar-refractivity contribution is -0.315. The monoisotopic (exact) mass is 294 g/mol. The van der Waals surface area contributed by atoms with Gasteiger partial charge in [0.2, 0.25) is 0 Å². The third kappa shape index (κ3) is 4.38. The molecule has 6 nitrogen and oxygen atoms in total. The van der Waals surface area contributed by atoms with Gasteiger partial charge in [0.05, 0.1) is 31.3 Å². The first kappa shape index (κ1) is 19.8. The number of hydrogen-bond donors (Lipinski definition) is 4. The minimum atomic E-state index is -1.78. The van der Waals surface area contributed by atoms with E-state index in [0.29, 0.717) is 6.61 Å². The fourth-order valence-corrected chi connectivity index (χ4v) is 2.26. The highest BCUT2D eigenvalue weighted by Crippen LogP contribution is 2.39. The van der Waals surface area contributed by atoms with E-state index in [0.717, 1.165) is 12.8 Å². The highest BCUT2D eigenvalue weighted by atomic mass is 16.6. The van der Waals surface area contributed by atoms with Gasteiger partial charge in [0.15, 0.2) is 5.79 Å². The van der Waals surface area contributed by atoms with Crippen molar-refractivity contribution in [1.29, 1.82) is 0 Å². The van der Waals surface area contributed by atoms with Gasteiger partial charge >= 0.3 is 0 Å². The molecule has 0 spiro atoms. The molecule has 0 rings (SSSR count). The van der Waals surface area contributed by atoms with Gasteiger partial charge in [0, 0.05) is 13.7 Å². The average Bonchev–Trinajstić information content (AvgIpc) is 2.47. The normalized spacial score (nSPS) is 16.9. The van der Waals surface area contributed by atoms with Crippen molar-refractivity contribution in [3.8, 4) is 0 Å². The summed E-state index contributed by atoms with van der Waals surface area (Å²) in [6.07, 6.45) is 0.864. The van der Waals surface area contributed by atoms with E-state index < -0.39 is 30.5 Å². The van der Waals surface area contributed by atoms with Crippen LogP contribution in [0.4, 0.5) is 0 Å². The predicted octanol–water partition coefficient (Wildman–Crippen LogP) is 0.270. The lowest BCUT2D eigenvalue weighted by Crippen LogP contribution is -2.61. The fourth-order valence-electron chi connectivity index (χ4n) is 2.26. The molecular weight excluding hydrogens is 264 g/mol. The minimum Gasteiger partial charge on any atom is -0.395 e. The van der Waals surface area contributed by atoms with Crippen molar-refractivity contribution in [3.63, 3.8) is 0 Å². The molecule has 20 heavy (non-hydrogen) atoms. The van der Waals surface area contributed by atoms with Crippen molar-refractivity contribution in [3.05, 3.63) is 0 Å². The van der Waals surface area contributed by atoms with E-state index in [1.165, 1.54) is 7.11 Å². The Bertz CT molecular complexity index is 244. The standard InChI is InChI=1S/C14H30O6/c1-4-6-8-20-14(18,5-2)13(10-15,11-16)12(17)7-9-19-3/h12,15-18H,4-11H2,1-3H3. The van der Waals surface area contributed by atoms with Crippen molar-refractivity contribution in [2.75, 3.05) is 33.5 Å². The van der Waals surface area contributed by atoms with Crippen LogP contribution in [-0.2, 0) is 9.47 Å². The van der Waals surface area contributed by atoms with Gasteiger partial charge in [-0.2, -0.15) is 0 Å². The quantitative estimate of drug-likeness (QED) is 0.305. The molecule has 6 heteroatoms. The molecule has 0 fully saturated rings. The Hall–Kier alpha value is -0.240. The Balaban J connectivity index is 5.13. The highest BCUT2D eigenvalue weighted by Gasteiger charge is 2.54. The Labute approximate surface area is 121 Å². The second-order valence-electron chi connectivity index (χ2n) is 5.11. The summed E-state index contributed by atoms with van der Waals surface area (Å²) < 4.78 is 10.4. The molecule has 0 saturated heterocycles. The van der Waals surface area contributed by atoms with Gasteiger partial charge in [-0.15, -0.1) is 0 Å². The third-order valence-corrected chi connectivity index (χ3v) is 3.89. The SMILES string of the molecule is CCCCOC(O)(CC)C(CO)(CO)C(O)CCOC. The summed E-state index contributed by atoms with van der Waals surface area (Å²) in [5, 5.41) is 40.3. The first-order chi connectivity index (χ1) is 9.47. The van der Waals surface area contributed by atoms with Crippen LogP contribution in [0.25, 0.3) is 0 Å². The molecule has 0 bridgehead atoms. The van der Waals surface area contributed by atoms with Gasteiger partial charge in [0.1, 0.15) is 0 Å². The molecule has 0 aromatic carbocycles. The Morgan fingerprint density at radius 3 is 2.10 bits per heavy atom. The van der Waals surface area contributed by atoms with E-state index in [9.17, 15) is 20.4 Å². The average molecular weight is 294 g/mol. The number of hydrogen-bond acceptors (Lipinski definition) is 6. The molecule has 0 heterocycles. The van der Waals surface area contributed by atoms with Crippen molar-refractivity contribution in [1.82, 2.24) is 0 Å². The second-order valence-corrected chi connectivity index (χ2v) is 5.11. The van der Waals surface area contributed by atoms with Crippen LogP contribution in [0.3, 0.4) is 0 Å². The summed E-state index contributed by atoms with van der Waals surface area (Å²) in [4.78, 5) is 0. The van der Waals surface area contributed by atoms with Crippen molar-refractivity contribution >= 4 is 0 Å². The summed E-state index contributed by atoms with van der Waals surface area (Å²) in [5.74, 6) is -1.78. The molecule has 0 aliphatic rings. The lowest BCUT2D eigenvalue weighted by atomic mass is 9.73. The highest BCUT2D eigenvalue weighted by molar-refractivity contribution is 4.97. The van der Waals surface area contributed by atoms with Crippen molar-refractivity contribution < 1.29 is 29.9 Å². The fraction of sp³-hybridized carbons (Fsp3) is 1.00. The molecule has 4 N–H and O–H groups in total. The molecule has 0 radical (unpaired) electrons. The van der Waals surface area contributed by atoms with Gasteiger partial charge in [-0.25, -0.2) is 0 Å². The first-order valence-corrected chi connectivity index (χ1v) is 7.23. The Kier molecular flexibility index (Phi) is 9.54. The summed E-state index contributed by atoms with van der Waals surface area (Å²) >= 11 is 0. The maximum atomic E-state index is 10.7. The van der Waals surface area contributed by atoms with E-state index in [1.807, 2.05) is 6.92 Å². The van der Waals surface area contributed by atoms with Crippen molar-refractivity contribution in [2.24, 2.45) is 5.41 Å². The molecule has 2 unspecified atom stereocenters. The van der Waals surface area contributed by atoms with Gasteiger partial charge in [0.25, 0.3) is 0 Å².